The SMILES string of the molecule is Fc1ccc(NCCOCC(F)(F)F)cc1Cl. The Bertz CT molecular complexity index is 370. The van der Waals surface area contributed by atoms with Gasteiger partial charge in [0, 0.05) is 12.2 Å². The van der Waals surface area contributed by atoms with Gasteiger partial charge in [-0.2, -0.15) is 13.2 Å². The fourth-order valence-electron chi connectivity index (χ4n) is 1.06. The van der Waals surface area contributed by atoms with E-state index in [9.17, 15) is 17.6 Å². The average molecular weight is 272 g/mol. The Morgan fingerprint density at radius 3 is 2.59 bits per heavy atom. The molecule has 0 aliphatic rings. The van der Waals surface area contributed by atoms with Crippen molar-refractivity contribution in [3.05, 3.63) is 29.0 Å². The molecule has 0 aromatic heterocycles. The second-order valence-electron chi connectivity index (χ2n) is 3.22. The van der Waals surface area contributed by atoms with Crippen molar-refractivity contribution in [1.29, 1.82) is 0 Å². The quantitative estimate of drug-likeness (QED) is 0.654. The molecular formula is C10H10ClF4NO. The maximum absolute atomic E-state index is 12.8. The lowest BCUT2D eigenvalue weighted by molar-refractivity contribution is -0.172. The van der Waals surface area contributed by atoms with Crippen molar-refractivity contribution in [3.63, 3.8) is 0 Å². The summed E-state index contributed by atoms with van der Waals surface area (Å²) >= 11 is 5.52. The molecule has 2 nitrogen and oxygen atoms in total. The van der Waals surface area contributed by atoms with Crippen LogP contribution in [-0.4, -0.2) is 25.9 Å². The van der Waals surface area contributed by atoms with Gasteiger partial charge in [0.15, 0.2) is 0 Å². The third-order valence-electron chi connectivity index (χ3n) is 1.76. The Hall–Kier alpha value is -1.01. The maximum Gasteiger partial charge on any atom is 0.411 e. The number of anilines is 1. The van der Waals surface area contributed by atoms with Crippen LogP contribution >= 0.6 is 11.6 Å². The summed E-state index contributed by atoms with van der Waals surface area (Å²) in [6.45, 7) is -1.20. The zero-order valence-electron chi connectivity index (χ0n) is 8.65. The van der Waals surface area contributed by atoms with Gasteiger partial charge in [-0.1, -0.05) is 11.6 Å². The molecule has 1 aromatic carbocycles. The predicted molar refractivity (Wildman–Crippen MR) is 56.8 cm³/mol. The molecular weight excluding hydrogens is 262 g/mol. The highest BCUT2D eigenvalue weighted by atomic mass is 35.5. The molecule has 1 aromatic rings. The van der Waals surface area contributed by atoms with Crippen molar-refractivity contribution in [2.24, 2.45) is 0 Å². The number of rotatable bonds is 5. The van der Waals surface area contributed by atoms with Crippen molar-refractivity contribution in [2.45, 2.75) is 6.18 Å². The van der Waals surface area contributed by atoms with E-state index in [2.05, 4.69) is 10.1 Å². The van der Waals surface area contributed by atoms with Crippen LogP contribution in [0.2, 0.25) is 5.02 Å². The third-order valence-corrected chi connectivity index (χ3v) is 2.05. The van der Waals surface area contributed by atoms with E-state index in [1.54, 1.807) is 0 Å². The molecule has 0 saturated heterocycles. The summed E-state index contributed by atoms with van der Waals surface area (Å²) in [6, 6.07) is 3.95. The average Bonchev–Trinajstić information content (AvgIpc) is 2.21. The van der Waals surface area contributed by atoms with Crippen molar-refractivity contribution in [1.82, 2.24) is 0 Å². The summed E-state index contributed by atoms with van der Waals surface area (Å²) in [6.07, 6.45) is -4.32. The number of nitrogens with one attached hydrogen (secondary N) is 1. The second kappa shape index (κ2) is 6.07. The summed E-state index contributed by atoms with van der Waals surface area (Å²) in [4.78, 5) is 0. The van der Waals surface area contributed by atoms with Crippen LogP contribution in [0, 0.1) is 5.82 Å². The fraction of sp³-hybridized carbons (Fsp3) is 0.400. The van der Waals surface area contributed by atoms with Gasteiger partial charge in [-0.25, -0.2) is 4.39 Å². The van der Waals surface area contributed by atoms with E-state index in [0.29, 0.717) is 5.69 Å². The molecule has 0 radical (unpaired) electrons. The molecule has 0 atom stereocenters. The van der Waals surface area contributed by atoms with Crippen LogP contribution < -0.4 is 5.32 Å². The van der Waals surface area contributed by atoms with Crippen LogP contribution in [0.5, 0.6) is 0 Å². The molecule has 17 heavy (non-hydrogen) atoms. The molecule has 0 bridgehead atoms. The van der Waals surface area contributed by atoms with Gasteiger partial charge in [0.2, 0.25) is 0 Å². The van der Waals surface area contributed by atoms with Crippen molar-refractivity contribution in [3.8, 4) is 0 Å². The predicted octanol–water partition coefficient (Wildman–Crippen LogP) is 3.47. The van der Waals surface area contributed by atoms with Gasteiger partial charge in [0.25, 0.3) is 0 Å². The normalized spacial score (nSPS) is 11.6. The van der Waals surface area contributed by atoms with Crippen molar-refractivity contribution < 1.29 is 22.3 Å². The lowest BCUT2D eigenvalue weighted by Crippen LogP contribution is -2.20. The van der Waals surface area contributed by atoms with E-state index in [0.717, 1.165) is 0 Å². The highest BCUT2D eigenvalue weighted by molar-refractivity contribution is 6.31. The van der Waals surface area contributed by atoms with Crippen molar-refractivity contribution >= 4 is 17.3 Å². The molecule has 0 unspecified atom stereocenters. The van der Waals surface area contributed by atoms with Gasteiger partial charge in [-0.15, -0.1) is 0 Å². The highest BCUT2D eigenvalue weighted by Gasteiger charge is 2.27. The Kier molecular flexibility index (Phi) is 5.02. The van der Waals surface area contributed by atoms with Crippen LogP contribution in [0.15, 0.2) is 18.2 Å². The summed E-state index contributed by atoms with van der Waals surface area (Å²) in [5.41, 5.74) is 0.520. The lowest BCUT2D eigenvalue weighted by atomic mass is 10.3. The summed E-state index contributed by atoms with van der Waals surface area (Å²) in [7, 11) is 0. The van der Waals surface area contributed by atoms with Gasteiger partial charge in [0.1, 0.15) is 12.4 Å². The molecule has 0 saturated carbocycles. The first-order chi connectivity index (χ1) is 7.88. The molecule has 0 heterocycles. The molecule has 96 valence electrons. The van der Waals surface area contributed by atoms with Crippen molar-refractivity contribution in [2.75, 3.05) is 25.1 Å². The lowest BCUT2D eigenvalue weighted by Gasteiger charge is -2.09. The number of hydrogen-bond acceptors (Lipinski definition) is 2. The number of benzene rings is 1. The Morgan fingerprint density at radius 1 is 1.29 bits per heavy atom. The Labute approximate surface area is 101 Å². The van der Waals surface area contributed by atoms with Gasteiger partial charge in [-0.3, -0.25) is 0 Å². The first-order valence-corrected chi connectivity index (χ1v) is 5.10. The minimum Gasteiger partial charge on any atom is -0.383 e. The van der Waals surface area contributed by atoms with E-state index in [4.69, 9.17) is 11.6 Å². The highest BCUT2D eigenvalue weighted by Crippen LogP contribution is 2.19. The second-order valence-corrected chi connectivity index (χ2v) is 3.63. The monoisotopic (exact) mass is 271 g/mol. The fourth-order valence-corrected chi connectivity index (χ4v) is 1.24. The molecule has 0 amide bonds. The smallest absolute Gasteiger partial charge is 0.383 e. The molecule has 7 heteroatoms. The molecule has 1 rings (SSSR count). The molecule has 0 aliphatic carbocycles. The van der Waals surface area contributed by atoms with Gasteiger partial charge < -0.3 is 10.1 Å². The summed E-state index contributed by atoms with van der Waals surface area (Å²) in [5, 5.41) is 2.71. The minimum atomic E-state index is -4.32. The first-order valence-electron chi connectivity index (χ1n) is 4.72. The standard InChI is InChI=1S/C10H10ClF4NO/c11-8-5-7(1-2-9(8)12)16-3-4-17-6-10(13,14)15/h1-2,5,16H,3-4,6H2. The third kappa shape index (κ3) is 5.74. The van der Waals surface area contributed by atoms with E-state index >= 15 is 0 Å². The number of hydrogen-bond donors (Lipinski definition) is 1. The number of alkyl halides is 3. The van der Waals surface area contributed by atoms with Gasteiger partial charge >= 0.3 is 6.18 Å². The van der Waals surface area contributed by atoms with E-state index in [1.165, 1.54) is 18.2 Å². The van der Waals surface area contributed by atoms with Gasteiger partial charge in [0.05, 0.1) is 11.6 Å². The molecule has 0 aliphatic heterocycles. The minimum absolute atomic E-state index is 0.0498. The van der Waals surface area contributed by atoms with Crippen LogP contribution in [0.1, 0.15) is 0 Å². The zero-order valence-corrected chi connectivity index (χ0v) is 9.41. The summed E-state index contributed by atoms with van der Waals surface area (Å²) < 4.78 is 52.2. The number of ether oxygens (including phenoxy) is 1. The van der Waals surface area contributed by atoms with E-state index < -0.39 is 18.6 Å². The summed E-state index contributed by atoms with van der Waals surface area (Å²) in [5.74, 6) is -0.550. The molecule has 0 spiro atoms. The maximum atomic E-state index is 12.8. The Balaban J connectivity index is 2.25. The van der Waals surface area contributed by atoms with Crippen LogP contribution in [-0.2, 0) is 4.74 Å². The van der Waals surface area contributed by atoms with E-state index in [-0.39, 0.29) is 18.2 Å². The Morgan fingerprint density at radius 2 is 2.00 bits per heavy atom. The van der Waals surface area contributed by atoms with E-state index in [1.807, 2.05) is 0 Å². The topological polar surface area (TPSA) is 21.3 Å². The largest absolute Gasteiger partial charge is 0.411 e. The number of halogens is 5. The van der Waals surface area contributed by atoms with Crippen LogP contribution in [0.25, 0.3) is 0 Å². The van der Waals surface area contributed by atoms with Gasteiger partial charge in [-0.05, 0) is 18.2 Å². The molecule has 1 N–H and O–H groups in total. The van der Waals surface area contributed by atoms with Crippen LogP contribution in [0.4, 0.5) is 23.2 Å². The zero-order chi connectivity index (χ0) is 12.9. The van der Waals surface area contributed by atoms with Crippen LogP contribution in [0.3, 0.4) is 0 Å². The molecule has 0 fully saturated rings. The first kappa shape index (κ1) is 14.1.